The highest BCUT2D eigenvalue weighted by atomic mass is 16.5. The Morgan fingerprint density at radius 3 is 2.75 bits per heavy atom. The van der Waals surface area contributed by atoms with E-state index in [-0.39, 0.29) is 30.0 Å². The Balaban J connectivity index is 1.64. The fourth-order valence-corrected chi connectivity index (χ4v) is 6.17. The number of ether oxygens (including phenoxy) is 1. The number of aliphatic carboxylic acids is 1. The summed E-state index contributed by atoms with van der Waals surface area (Å²) in [5.41, 5.74) is 5.01. The molecule has 2 aliphatic rings. The smallest absolute Gasteiger partial charge is 0.414 e. The molecule has 1 aliphatic carbocycles. The highest BCUT2D eigenvalue weighted by molar-refractivity contribution is 5.95. The van der Waals surface area contributed by atoms with Gasteiger partial charge in [0.2, 0.25) is 0 Å². The van der Waals surface area contributed by atoms with Crippen LogP contribution in [0.5, 0.6) is 0 Å². The molecular weight excluding hydrogens is 458 g/mol. The molecular formula is C27H35N5O4. The Labute approximate surface area is 211 Å². The van der Waals surface area contributed by atoms with E-state index in [0.29, 0.717) is 6.42 Å². The number of benzene rings is 1. The molecule has 0 unspecified atom stereocenters. The van der Waals surface area contributed by atoms with Gasteiger partial charge in [-0.1, -0.05) is 13.3 Å². The maximum absolute atomic E-state index is 12.6. The second-order valence-electron chi connectivity index (χ2n) is 10.5. The van der Waals surface area contributed by atoms with E-state index in [4.69, 9.17) is 9.72 Å². The van der Waals surface area contributed by atoms with Crippen molar-refractivity contribution in [2.45, 2.75) is 76.8 Å². The first-order chi connectivity index (χ1) is 17.3. The van der Waals surface area contributed by atoms with E-state index in [2.05, 4.69) is 22.7 Å². The number of aromatic nitrogens is 4. The fraction of sp³-hybridized carbons (Fsp3) is 0.556. The molecule has 1 aromatic carbocycles. The van der Waals surface area contributed by atoms with Crippen molar-refractivity contribution in [3.05, 3.63) is 41.5 Å². The molecule has 1 fully saturated rings. The number of carboxylic acids is 1. The lowest BCUT2D eigenvalue weighted by Crippen LogP contribution is -2.42. The van der Waals surface area contributed by atoms with Gasteiger partial charge in [0.25, 0.3) is 0 Å². The quantitative estimate of drug-likeness (QED) is 0.546. The number of rotatable bonds is 5. The van der Waals surface area contributed by atoms with Crippen LogP contribution in [0.15, 0.2) is 24.5 Å². The molecule has 0 saturated heterocycles. The van der Waals surface area contributed by atoms with Gasteiger partial charge in [-0.25, -0.2) is 9.78 Å². The van der Waals surface area contributed by atoms with E-state index in [1.165, 1.54) is 7.11 Å². The zero-order chi connectivity index (χ0) is 25.6. The van der Waals surface area contributed by atoms with Gasteiger partial charge >= 0.3 is 12.1 Å². The average Bonchev–Trinajstić information content (AvgIpc) is 3.46. The molecule has 5 rings (SSSR count). The lowest BCUT2D eigenvalue weighted by Gasteiger charge is -2.34. The van der Waals surface area contributed by atoms with Crippen molar-refractivity contribution in [2.75, 3.05) is 12.0 Å². The van der Waals surface area contributed by atoms with Gasteiger partial charge < -0.3 is 14.4 Å². The van der Waals surface area contributed by atoms with Gasteiger partial charge in [-0.2, -0.15) is 5.10 Å². The number of amides is 1. The Morgan fingerprint density at radius 2 is 2.06 bits per heavy atom. The molecule has 1 saturated carbocycles. The number of imidazole rings is 1. The van der Waals surface area contributed by atoms with E-state index >= 15 is 0 Å². The molecule has 36 heavy (non-hydrogen) atoms. The number of carbonyl (C=O) groups excluding carboxylic acids is 1. The van der Waals surface area contributed by atoms with Crippen LogP contribution in [0.1, 0.15) is 74.9 Å². The van der Waals surface area contributed by atoms with Crippen LogP contribution in [0.25, 0.3) is 11.0 Å². The summed E-state index contributed by atoms with van der Waals surface area (Å²) in [5.74, 6) is 0.0355. The number of nitrogens with zero attached hydrogens (tertiary/aromatic N) is 5. The van der Waals surface area contributed by atoms with E-state index in [1.807, 2.05) is 37.1 Å². The van der Waals surface area contributed by atoms with Gasteiger partial charge in [0.1, 0.15) is 5.82 Å². The summed E-state index contributed by atoms with van der Waals surface area (Å²) in [6, 6.07) is 4.19. The number of fused-ring (bicyclic) bond motifs is 3. The maximum Gasteiger partial charge on any atom is 0.414 e. The van der Waals surface area contributed by atoms with Crippen LogP contribution in [-0.4, -0.2) is 49.7 Å². The molecule has 4 atom stereocenters. The van der Waals surface area contributed by atoms with E-state index in [9.17, 15) is 14.7 Å². The molecule has 0 radical (unpaired) electrons. The number of aryl methyl sites for hydroxylation is 2. The minimum absolute atomic E-state index is 0.0446. The number of hydrogen-bond acceptors (Lipinski definition) is 5. The van der Waals surface area contributed by atoms with Crippen LogP contribution in [0.2, 0.25) is 0 Å². The van der Waals surface area contributed by atoms with Crippen molar-refractivity contribution < 1.29 is 19.4 Å². The van der Waals surface area contributed by atoms with Crippen molar-refractivity contribution in [3.8, 4) is 0 Å². The summed E-state index contributed by atoms with van der Waals surface area (Å²) in [4.78, 5) is 31.4. The van der Waals surface area contributed by atoms with Gasteiger partial charge in [-0.15, -0.1) is 0 Å². The molecule has 2 aromatic heterocycles. The van der Waals surface area contributed by atoms with Crippen molar-refractivity contribution in [1.29, 1.82) is 0 Å². The molecule has 9 heteroatoms. The SMILES string of the molecule is COC(=O)N1c2ccc3c(nc([C@H](C)Cc4cnn(C)c4)n3[C@@H]3CCC[C@@H](C(=O)O)C3)c2CC[C@@H]1C. The largest absolute Gasteiger partial charge is 0.481 e. The number of methoxy groups -OCH3 is 1. The van der Waals surface area contributed by atoms with Crippen LogP contribution in [0.4, 0.5) is 10.5 Å². The van der Waals surface area contributed by atoms with Crippen molar-refractivity contribution >= 4 is 28.8 Å². The van der Waals surface area contributed by atoms with Crippen LogP contribution in [0, 0.1) is 5.92 Å². The molecule has 0 spiro atoms. The first-order valence-corrected chi connectivity index (χ1v) is 12.9. The van der Waals surface area contributed by atoms with Crippen LogP contribution < -0.4 is 4.90 Å². The maximum atomic E-state index is 12.6. The second kappa shape index (κ2) is 9.59. The number of hydrogen-bond donors (Lipinski definition) is 1. The monoisotopic (exact) mass is 493 g/mol. The van der Waals surface area contributed by atoms with Crippen molar-refractivity contribution in [3.63, 3.8) is 0 Å². The molecule has 192 valence electrons. The van der Waals surface area contributed by atoms with E-state index in [0.717, 1.165) is 72.2 Å². The predicted molar refractivity (Wildman–Crippen MR) is 136 cm³/mol. The van der Waals surface area contributed by atoms with Crippen LogP contribution in [0.3, 0.4) is 0 Å². The standard InChI is InChI=1S/C27H35N5O4/c1-16(12-18-14-28-30(3)15-18)25-29-24-21-9-8-17(2)31(27(35)36-4)22(21)10-11-23(24)32(25)20-7-5-6-19(13-20)26(33)34/h10-11,14-17,19-20H,5-9,12-13H2,1-4H3,(H,33,34)/t16-,17+,19-,20-/m1/s1. The first-order valence-electron chi connectivity index (χ1n) is 12.9. The topological polar surface area (TPSA) is 102 Å². The molecule has 1 amide bonds. The molecule has 3 aromatic rings. The van der Waals surface area contributed by atoms with Gasteiger partial charge in [0.15, 0.2) is 0 Å². The summed E-state index contributed by atoms with van der Waals surface area (Å²) in [6.07, 6.45) is 9.17. The Morgan fingerprint density at radius 1 is 1.25 bits per heavy atom. The minimum Gasteiger partial charge on any atom is -0.481 e. The average molecular weight is 494 g/mol. The predicted octanol–water partition coefficient (Wildman–Crippen LogP) is 4.84. The minimum atomic E-state index is -0.714. The first kappa shape index (κ1) is 24.3. The van der Waals surface area contributed by atoms with Gasteiger partial charge in [0.05, 0.1) is 35.9 Å². The molecule has 1 aliphatic heterocycles. The highest BCUT2D eigenvalue weighted by Crippen LogP contribution is 2.42. The molecule has 1 N–H and O–H groups in total. The lowest BCUT2D eigenvalue weighted by atomic mass is 9.85. The summed E-state index contributed by atoms with van der Waals surface area (Å²) in [7, 11) is 3.33. The fourth-order valence-electron chi connectivity index (χ4n) is 6.17. The summed E-state index contributed by atoms with van der Waals surface area (Å²) >= 11 is 0. The third-order valence-corrected chi connectivity index (χ3v) is 7.96. The highest BCUT2D eigenvalue weighted by Gasteiger charge is 2.35. The second-order valence-corrected chi connectivity index (χ2v) is 10.5. The molecule has 0 bridgehead atoms. The van der Waals surface area contributed by atoms with Crippen molar-refractivity contribution in [2.24, 2.45) is 13.0 Å². The van der Waals surface area contributed by atoms with Crippen LogP contribution >= 0.6 is 0 Å². The van der Waals surface area contributed by atoms with Gasteiger partial charge in [-0.3, -0.25) is 14.4 Å². The van der Waals surface area contributed by atoms with Gasteiger partial charge in [0, 0.05) is 36.8 Å². The zero-order valence-electron chi connectivity index (χ0n) is 21.5. The summed E-state index contributed by atoms with van der Waals surface area (Å²) in [6.45, 7) is 4.22. The summed E-state index contributed by atoms with van der Waals surface area (Å²) in [5, 5.41) is 14.1. The van der Waals surface area contributed by atoms with E-state index < -0.39 is 5.97 Å². The number of carboxylic acid groups (broad SMARTS) is 1. The number of anilines is 1. The van der Waals surface area contributed by atoms with Crippen LogP contribution in [-0.2, 0) is 29.4 Å². The zero-order valence-corrected chi connectivity index (χ0v) is 21.5. The summed E-state index contributed by atoms with van der Waals surface area (Å²) < 4.78 is 9.21. The normalized spacial score (nSPS) is 22.9. The third-order valence-electron chi connectivity index (χ3n) is 7.96. The van der Waals surface area contributed by atoms with Crippen molar-refractivity contribution in [1.82, 2.24) is 19.3 Å². The Kier molecular flexibility index (Phi) is 6.49. The lowest BCUT2D eigenvalue weighted by molar-refractivity contribution is -0.143. The molecule has 9 nitrogen and oxygen atoms in total. The van der Waals surface area contributed by atoms with E-state index in [1.54, 1.807) is 4.90 Å². The Hall–Kier alpha value is -3.36. The number of carbonyl (C=O) groups is 2. The van der Waals surface area contributed by atoms with Gasteiger partial charge in [-0.05, 0) is 63.1 Å². The molecule has 3 heterocycles. The third kappa shape index (κ3) is 4.24. The Bertz CT molecular complexity index is 1290.